The molecule has 2 aliphatic rings. The van der Waals surface area contributed by atoms with Gasteiger partial charge >= 0.3 is 0 Å². The summed E-state index contributed by atoms with van der Waals surface area (Å²) in [6, 6.07) is 0. The molecule has 0 aromatic carbocycles. The Labute approximate surface area is 68.3 Å². The van der Waals surface area contributed by atoms with E-state index in [-0.39, 0.29) is 0 Å². The summed E-state index contributed by atoms with van der Waals surface area (Å²) in [5.41, 5.74) is 0.547. The third kappa shape index (κ3) is 1.18. The summed E-state index contributed by atoms with van der Waals surface area (Å²) in [6.07, 6.45) is 2.63. The summed E-state index contributed by atoms with van der Waals surface area (Å²) in [5.74, 6) is 0.782. The molecule has 1 atom stereocenters. The first-order chi connectivity index (χ1) is 5.33. The minimum absolute atomic E-state index is 0.547. The molecule has 64 valence electrons. The minimum Gasteiger partial charge on any atom is -0.381 e. The molecule has 2 heterocycles. The number of rotatable bonds is 0. The van der Waals surface area contributed by atoms with Gasteiger partial charge in [0, 0.05) is 12.0 Å². The molecule has 1 spiro atoms. The topological polar surface area (TPSA) is 21.3 Å². The molecule has 0 bridgehead atoms. The second kappa shape index (κ2) is 2.76. The quantitative estimate of drug-likeness (QED) is 0.564. The third-order valence-electron chi connectivity index (χ3n) is 3.40. The summed E-state index contributed by atoms with van der Waals surface area (Å²) < 4.78 is 5.52. The van der Waals surface area contributed by atoms with Crippen LogP contribution in [-0.4, -0.2) is 26.3 Å². The van der Waals surface area contributed by atoms with Crippen LogP contribution in [-0.2, 0) is 4.74 Å². The standard InChI is InChI=1S/C9H17NO/c1-8-6-11-7-9(8)2-4-10-5-3-9/h8,10H,2-7H2,1H3/t8-/m0/s1. The Morgan fingerprint density at radius 2 is 2.09 bits per heavy atom. The molecular weight excluding hydrogens is 138 g/mol. The van der Waals surface area contributed by atoms with Crippen molar-refractivity contribution in [3.05, 3.63) is 0 Å². The third-order valence-corrected chi connectivity index (χ3v) is 3.40. The van der Waals surface area contributed by atoms with E-state index in [4.69, 9.17) is 4.74 Å². The van der Waals surface area contributed by atoms with Crippen molar-refractivity contribution in [1.82, 2.24) is 5.32 Å². The lowest BCUT2D eigenvalue weighted by Gasteiger charge is -2.36. The van der Waals surface area contributed by atoms with Crippen LogP contribution >= 0.6 is 0 Å². The van der Waals surface area contributed by atoms with Crippen LogP contribution in [0.25, 0.3) is 0 Å². The average molecular weight is 155 g/mol. The van der Waals surface area contributed by atoms with Crippen LogP contribution < -0.4 is 5.32 Å². The molecule has 0 aromatic heterocycles. The fourth-order valence-electron chi connectivity index (χ4n) is 2.32. The first kappa shape index (κ1) is 7.56. The molecule has 0 saturated carbocycles. The second-order valence-electron chi connectivity index (χ2n) is 4.03. The summed E-state index contributed by atoms with van der Waals surface area (Å²) in [4.78, 5) is 0. The Morgan fingerprint density at radius 3 is 2.64 bits per heavy atom. The first-order valence-electron chi connectivity index (χ1n) is 4.62. The van der Waals surface area contributed by atoms with Crippen molar-refractivity contribution in [2.45, 2.75) is 19.8 Å². The molecule has 0 aromatic rings. The lowest BCUT2D eigenvalue weighted by Crippen LogP contribution is -2.40. The van der Waals surface area contributed by atoms with Gasteiger partial charge in [0.2, 0.25) is 0 Å². The highest BCUT2D eigenvalue weighted by Crippen LogP contribution is 2.41. The van der Waals surface area contributed by atoms with Crippen molar-refractivity contribution in [2.24, 2.45) is 11.3 Å². The van der Waals surface area contributed by atoms with Gasteiger partial charge in [0.15, 0.2) is 0 Å². The van der Waals surface area contributed by atoms with Gasteiger partial charge in [-0.05, 0) is 31.8 Å². The fourth-order valence-corrected chi connectivity index (χ4v) is 2.32. The van der Waals surface area contributed by atoms with Crippen LogP contribution in [0, 0.1) is 11.3 Å². The van der Waals surface area contributed by atoms with E-state index < -0.39 is 0 Å². The highest BCUT2D eigenvalue weighted by Gasteiger charge is 2.41. The van der Waals surface area contributed by atoms with Gasteiger partial charge < -0.3 is 10.1 Å². The van der Waals surface area contributed by atoms with Gasteiger partial charge in [0.1, 0.15) is 0 Å². The smallest absolute Gasteiger partial charge is 0.0526 e. The van der Waals surface area contributed by atoms with E-state index in [0.29, 0.717) is 5.41 Å². The average Bonchev–Trinajstić information content (AvgIpc) is 2.36. The van der Waals surface area contributed by atoms with Crippen molar-refractivity contribution < 1.29 is 4.74 Å². The van der Waals surface area contributed by atoms with Gasteiger partial charge in [-0.3, -0.25) is 0 Å². The molecule has 2 aliphatic heterocycles. The Bertz CT molecular complexity index is 140. The lowest BCUT2D eigenvalue weighted by molar-refractivity contribution is 0.121. The number of hydrogen-bond donors (Lipinski definition) is 1. The van der Waals surface area contributed by atoms with Gasteiger partial charge in [-0.2, -0.15) is 0 Å². The predicted molar refractivity (Wildman–Crippen MR) is 44.5 cm³/mol. The van der Waals surface area contributed by atoms with Gasteiger partial charge in [0.05, 0.1) is 6.61 Å². The largest absolute Gasteiger partial charge is 0.381 e. The maximum Gasteiger partial charge on any atom is 0.0526 e. The van der Waals surface area contributed by atoms with Crippen LogP contribution in [0.2, 0.25) is 0 Å². The van der Waals surface area contributed by atoms with Crippen LogP contribution in [0.4, 0.5) is 0 Å². The second-order valence-corrected chi connectivity index (χ2v) is 4.03. The van der Waals surface area contributed by atoms with Gasteiger partial charge in [-0.25, -0.2) is 0 Å². The zero-order valence-electron chi connectivity index (χ0n) is 7.23. The molecule has 2 fully saturated rings. The predicted octanol–water partition coefficient (Wildman–Crippen LogP) is 1.02. The molecule has 2 nitrogen and oxygen atoms in total. The Morgan fingerprint density at radius 1 is 1.36 bits per heavy atom. The highest BCUT2D eigenvalue weighted by molar-refractivity contribution is 4.91. The summed E-state index contributed by atoms with van der Waals surface area (Å²) in [6.45, 7) is 6.70. The molecule has 2 heteroatoms. The molecule has 0 unspecified atom stereocenters. The van der Waals surface area contributed by atoms with E-state index in [9.17, 15) is 0 Å². The summed E-state index contributed by atoms with van der Waals surface area (Å²) in [5, 5.41) is 3.40. The molecular formula is C9H17NO. The van der Waals surface area contributed by atoms with E-state index in [1.165, 1.54) is 25.9 Å². The first-order valence-corrected chi connectivity index (χ1v) is 4.62. The number of piperidine rings is 1. The maximum absolute atomic E-state index is 5.52. The number of nitrogens with one attached hydrogen (secondary N) is 1. The van der Waals surface area contributed by atoms with E-state index in [2.05, 4.69) is 12.2 Å². The Balaban J connectivity index is 2.06. The summed E-state index contributed by atoms with van der Waals surface area (Å²) >= 11 is 0. The Kier molecular flexibility index (Phi) is 1.90. The van der Waals surface area contributed by atoms with E-state index in [0.717, 1.165) is 19.1 Å². The molecule has 11 heavy (non-hydrogen) atoms. The van der Waals surface area contributed by atoms with Crippen molar-refractivity contribution >= 4 is 0 Å². The monoisotopic (exact) mass is 155 g/mol. The maximum atomic E-state index is 5.52. The zero-order valence-corrected chi connectivity index (χ0v) is 7.23. The molecule has 1 N–H and O–H groups in total. The van der Waals surface area contributed by atoms with E-state index in [1.807, 2.05) is 0 Å². The van der Waals surface area contributed by atoms with Gasteiger partial charge in [-0.15, -0.1) is 0 Å². The van der Waals surface area contributed by atoms with Crippen LogP contribution in [0.5, 0.6) is 0 Å². The number of ether oxygens (including phenoxy) is 1. The number of hydrogen-bond acceptors (Lipinski definition) is 2. The summed E-state index contributed by atoms with van der Waals surface area (Å²) in [7, 11) is 0. The molecule has 2 saturated heterocycles. The van der Waals surface area contributed by atoms with Crippen LogP contribution in [0.15, 0.2) is 0 Å². The van der Waals surface area contributed by atoms with Gasteiger partial charge in [-0.1, -0.05) is 6.92 Å². The molecule has 0 radical (unpaired) electrons. The van der Waals surface area contributed by atoms with Crippen molar-refractivity contribution in [3.8, 4) is 0 Å². The molecule has 0 amide bonds. The van der Waals surface area contributed by atoms with Gasteiger partial charge in [0.25, 0.3) is 0 Å². The zero-order chi connectivity index (χ0) is 7.73. The fraction of sp³-hybridized carbons (Fsp3) is 1.00. The van der Waals surface area contributed by atoms with Crippen molar-refractivity contribution in [2.75, 3.05) is 26.3 Å². The van der Waals surface area contributed by atoms with Crippen LogP contribution in [0.3, 0.4) is 0 Å². The lowest BCUT2D eigenvalue weighted by atomic mass is 9.72. The molecule has 2 rings (SSSR count). The van der Waals surface area contributed by atoms with Crippen molar-refractivity contribution in [1.29, 1.82) is 0 Å². The normalized spacial score (nSPS) is 36.3. The van der Waals surface area contributed by atoms with Crippen molar-refractivity contribution in [3.63, 3.8) is 0 Å². The van der Waals surface area contributed by atoms with Crippen LogP contribution in [0.1, 0.15) is 19.8 Å². The Hall–Kier alpha value is -0.0800. The SMILES string of the molecule is C[C@H]1COCC12CCNCC2. The minimum atomic E-state index is 0.547. The highest BCUT2D eigenvalue weighted by atomic mass is 16.5. The molecule has 0 aliphatic carbocycles. The van der Waals surface area contributed by atoms with E-state index >= 15 is 0 Å². The van der Waals surface area contributed by atoms with E-state index in [1.54, 1.807) is 0 Å².